The summed E-state index contributed by atoms with van der Waals surface area (Å²) in [6.45, 7) is 40.4. The van der Waals surface area contributed by atoms with E-state index in [0.29, 0.717) is 17.2 Å². The number of benzene rings is 6. The van der Waals surface area contributed by atoms with Crippen LogP contribution in [0.25, 0.3) is 21.5 Å². The SMILES string of the molecule is CC(C)(C)c1cc(C(C)(C)C)c2cc(OP(Oc3ccc(S(=O)(=O)c4ccccc4)cc3)Oc3cc4c(C(C)(C)C)cc(C(C)(C)C)cc4cc3C(C)(C)C)c(C(C)(C)C)cc2c1. The molecular weight excluding hydrogens is 816 g/mol. The molecule has 0 atom stereocenters. The highest BCUT2D eigenvalue weighted by Gasteiger charge is 2.32. The maximum absolute atomic E-state index is 13.6. The lowest BCUT2D eigenvalue weighted by Gasteiger charge is -2.31. The minimum absolute atomic E-state index is 0.0387. The third-order valence-electron chi connectivity index (χ3n) is 11.8. The van der Waals surface area contributed by atoms with E-state index in [2.05, 4.69) is 173 Å². The zero-order chi connectivity index (χ0) is 46.9. The van der Waals surface area contributed by atoms with Gasteiger partial charge in [0.05, 0.1) is 9.79 Å². The van der Waals surface area contributed by atoms with Gasteiger partial charge in [-0.05, 0) is 137 Å². The monoisotopic (exact) mass is 886 g/mol. The van der Waals surface area contributed by atoms with E-state index in [1.807, 2.05) is 0 Å². The fourth-order valence-corrected chi connectivity index (χ4v) is 10.2. The largest absolute Gasteiger partial charge is 0.530 e. The van der Waals surface area contributed by atoms with Crippen LogP contribution in [0, 0.1) is 0 Å². The molecular formula is C56H71O5PS. The molecule has 6 aromatic carbocycles. The van der Waals surface area contributed by atoms with Gasteiger partial charge in [-0.2, -0.15) is 0 Å². The summed E-state index contributed by atoms with van der Waals surface area (Å²) >= 11 is 0. The Bertz CT molecular complexity index is 2610. The van der Waals surface area contributed by atoms with Crippen LogP contribution in [0.1, 0.15) is 158 Å². The van der Waals surface area contributed by atoms with Gasteiger partial charge in [0.25, 0.3) is 0 Å². The number of hydrogen-bond acceptors (Lipinski definition) is 5. The van der Waals surface area contributed by atoms with Crippen molar-refractivity contribution in [2.75, 3.05) is 0 Å². The van der Waals surface area contributed by atoms with Crippen LogP contribution in [0.15, 0.2) is 113 Å². The van der Waals surface area contributed by atoms with Crippen molar-refractivity contribution < 1.29 is 22.0 Å². The van der Waals surface area contributed by atoms with E-state index in [0.717, 1.165) is 21.9 Å². The lowest BCUT2D eigenvalue weighted by Crippen LogP contribution is -2.19. The standard InChI is InChI=1S/C56H71O5PS/c1-51(2,3)38-28-36-30-47(55(13,14)15)49(34-43(36)45(32-38)53(7,8)9)60-62(59-40-24-26-42(27-25-40)63(57,58)41-22-20-19-21-23-41)61-50-35-44-37(31-48(50)56(16,17)18)29-39(52(4,5)6)33-46(44)54(10,11)12/h19-35H,1-18H3. The molecule has 0 saturated heterocycles. The highest BCUT2D eigenvalue weighted by molar-refractivity contribution is 7.91. The van der Waals surface area contributed by atoms with Crippen molar-refractivity contribution in [1.29, 1.82) is 0 Å². The van der Waals surface area contributed by atoms with E-state index >= 15 is 0 Å². The summed E-state index contributed by atoms with van der Waals surface area (Å²) < 4.78 is 48.3. The highest BCUT2D eigenvalue weighted by atomic mass is 32.2. The van der Waals surface area contributed by atoms with Crippen molar-refractivity contribution in [1.82, 2.24) is 0 Å². The van der Waals surface area contributed by atoms with Gasteiger partial charge in [0, 0.05) is 11.1 Å². The Balaban J connectivity index is 1.57. The number of hydrogen-bond donors (Lipinski definition) is 0. The minimum Gasteiger partial charge on any atom is -0.409 e. The molecule has 0 unspecified atom stereocenters. The topological polar surface area (TPSA) is 61.8 Å². The Morgan fingerprint density at radius 3 is 1.10 bits per heavy atom. The minimum atomic E-state index is -3.74. The highest BCUT2D eigenvalue weighted by Crippen LogP contribution is 2.51. The molecule has 0 N–H and O–H groups in total. The van der Waals surface area contributed by atoms with E-state index < -0.39 is 18.4 Å². The van der Waals surface area contributed by atoms with Crippen molar-refractivity contribution in [3.05, 3.63) is 137 Å². The van der Waals surface area contributed by atoms with Crippen molar-refractivity contribution in [3.8, 4) is 17.2 Å². The number of rotatable bonds is 8. The molecule has 0 saturated carbocycles. The van der Waals surface area contributed by atoms with E-state index in [-0.39, 0.29) is 42.3 Å². The van der Waals surface area contributed by atoms with E-state index in [9.17, 15) is 8.42 Å². The second-order valence-electron chi connectivity index (χ2n) is 23.5. The summed E-state index contributed by atoms with van der Waals surface area (Å²) in [7, 11) is -5.92. The average Bonchev–Trinajstić information content (AvgIpc) is 3.14. The van der Waals surface area contributed by atoms with Crippen LogP contribution in [-0.2, 0) is 42.3 Å². The predicted molar refractivity (Wildman–Crippen MR) is 267 cm³/mol. The first-order chi connectivity index (χ1) is 28.7. The summed E-state index contributed by atoms with van der Waals surface area (Å²) in [6, 6.07) is 33.3. The quantitative estimate of drug-likeness (QED) is 0.143. The van der Waals surface area contributed by atoms with Gasteiger partial charge in [0.2, 0.25) is 9.84 Å². The Morgan fingerprint density at radius 1 is 0.381 bits per heavy atom. The summed E-state index contributed by atoms with van der Waals surface area (Å²) in [6.07, 6.45) is 0. The molecule has 0 fully saturated rings. The molecule has 63 heavy (non-hydrogen) atoms. The van der Waals surface area contributed by atoms with Gasteiger partial charge in [-0.3, -0.25) is 0 Å². The first-order valence-corrected chi connectivity index (χ1v) is 24.8. The van der Waals surface area contributed by atoms with Gasteiger partial charge >= 0.3 is 8.60 Å². The molecule has 0 spiro atoms. The Kier molecular flexibility index (Phi) is 12.6. The number of fused-ring (bicyclic) bond motifs is 2. The van der Waals surface area contributed by atoms with Crippen LogP contribution in [0.4, 0.5) is 0 Å². The van der Waals surface area contributed by atoms with Crippen LogP contribution in [-0.4, -0.2) is 8.42 Å². The summed E-state index contributed by atoms with van der Waals surface area (Å²) in [5.74, 6) is 1.79. The Hall–Kier alpha value is -4.38. The van der Waals surface area contributed by atoms with Gasteiger partial charge in [-0.1, -0.05) is 167 Å². The molecule has 0 heterocycles. The van der Waals surface area contributed by atoms with Crippen LogP contribution in [0.2, 0.25) is 0 Å². The predicted octanol–water partition coefficient (Wildman–Crippen LogP) is 16.4. The van der Waals surface area contributed by atoms with Crippen LogP contribution < -0.4 is 13.6 Å². The van der Waals surface area contributed by atoms with Gasteiger partial charge in [0.15, 0.2) is 0 Å². The van der Waals surface area contributed by atoms with Crippen LogP contribution in [0.3, 0.4) is 0 Å². The fraction of sp³-hybridized carbons (Fsp3) is 0.429. The molecule has 5 nitrogen and oxygen atoms in total. The summed E-state index contributed by atoms with van der Waals surface area (Å²) in [4.78, 5) is 0.410. The first-order valence-electron chi connectivity index (χ1n) is 22.3. The normalized spacial score (nSPS) is 13.5. The molecule has 0 bridgehead atoms. The fourth-order valence-electron chi connectivity index (χ4n) is 7.93. The maximum Gasteiger partial charge on any atom is 0.530 e. The second kappa shape index (κ2) is 16.6. The second-order valence-corrected chi connectivity index (χ2v) is 26.4. The lowest BCUT2D eigenvalue weighted by molar-refractivity contribution is 0.377. The number of sulfone groups is 1. The summed E-state index contributed by atoms with van der Waals surface area (Å²) in [5.41, 5.74) is 6.14. The molecule has 0 aromatic heterocycles. The zero-order valence-corrected chi connectivity index (χ0v) is 42.9. The van der Waals surface area contributed by atoms with Gasteiger partial charge in [-0.25, -0.2) is 8.42 Å². The van der Waals surface area contributed by atoms with E-state index in [1.165, 1.54) is 33.0 Å². The van der Waals surface area contributed by atoms with Crippen molar-refractivity contribution in [2.45, 2.75) is 167 Å². The molecule has 0 amide bonds. The van der Waals surface area contributed by atoms with Crippen molar-refractivity contribution >= 4 is 40.0 Å². The molecule has 6 rings (SSSR count). The first kappa shape index (κ1) is 48.1. The van der Waals surface area contributed by atoms with Crippen molar-refractivity contribution in [2.24, 2.45) is 0 Å². The van der Waals surface area contributed by atoms with Crippen LogP contribution in [0.5, 0.6) is 17.2 Å². The van der Waals surface area contributed by atoms with E-state index in [4.69, 9.17) is 13.6 Å². The van der Waals surface area contributed by atoms with Crippen molar-refractivity contribution in [3.63, 3.8) is 0 Å². The van der Waals surface area contributed by atoms with Gasteiger partial charge in [-0.15, -0.1) is 0 Å². The lowest BCUT2D eigenvalue weighted by atomic mass is 9.76. The van der Waals surface area contributed by atoms with E-state index in [1.54, 1.807) is 54.6 Å². The zero-order valence-electron chi connectivity index (χ0n) is 41.2. The summed E-state index contributed by atoms with van der Waals surface area (Å²) in [5, 5.41) is 4.57. The molecule has 0 aliphatic carbocycles. The molecule has 7 heteroatoms. The molecule has 0 aliphatic heterocycles. The molecule has 0 aliphatic rings. The molecule has 336 valence electrons. The molecule has 0 radical (unpaired) electrons. The maximum atomic E-state index is 13.6. The molecule has 6 aromatic rings. The van der Waals surface area contributed by atoms with Gasteiger partial charge < -0.3 is 13.6 Å². The third-order valence-corrected chi connectivity index (χ3v) is 14.6. The Morgan fingerprint density at radius 2 is 0.746 bits per heavy atom. The van der Waals surface area contributed by atoms with Crippen LogP contribution >= 0.6 is 8.60 Å². The van der Waals surface area contributed by atoms with Gasteiger partial charge in [0.1, 0.15) is 17.2 Å². The third kappa shape index (κ3) is 10.6. The average molecular weight is 887 g/mol. The smallest absolute Gasteiger partial charge is 0.409 e. The Labute approximate surface area is 380 Å².